The van der Waals surface area contributed by atoms with Crippen molar-refractivity contribution in [2.45, 2.75) is 39.8 Å². The van der Waals surface area contributed by atoms with Crippen LogP contribution in [0.1, 0.15) is 37.0 Å². The zero-order valence-electron chi connectivity index (χ0n) is 16.2. The lowest BCUT2D eigenvalue weighted by Crippen LogP contribution is -2.30. The Morgan fingerprint density at radius 2 is 2.00 bits per heavy atom. The molecule has 5 nitrogen and oxygen atoms in total. The van der Waals surface area contributed by atoms with Crippen LogP contribution in [0.4, 0.5) is 4.79 Å². The van der Waals surface area contributed by atoms with Crippen LogP contribution in [0.3, 0.4) is 0 Å². The summed E-state index contributed by atoms with van der Waals surface area (Å²) in [5.74, 6) is 0.239. The van der Waals surface area contributed by atoms with E-state index in [1.807, 2.05) is 45.0 Å². The number of ether oxygens (including phenoxy) is 1. The Morgan fingerprint density at radius 1 is 1.21 bits per heavy atom. The Kier molecular flexibility index (Phi) is 6.05. The summed E-state index contributed by atoms with van der Waals surface area (Å²) in [6, 6.07) is 12.6. The Balaban J connectivity index is 1.77. The van der Waals surface area contributed by atoms with Crippen molar-refractivity contribution >= 4 is 29.6 Å². The molecule has 0 bridgehead atoms. The average molecular weight is 399 g/mol. The third-order valence-corrected chi connectivity index (χ3v) is 4.85. The Labute approximate surface area is 169 Å². The first-order valence-electron chi connectivity index (χ1n) is 9.23. The fourth-order valence-corrected chi connectivity index (χ4v) is 3.11. The van der Waals surface area contributed by atoms with Crippen LogP contribution >= 0.6 is 11.6 Å². The maximum atomic E-state index is 12.7. The molecule has 0 radical (unpaired) electrons. The van der Waals surface area contributed by atoms with E-state index in [2.05, 4.69) is 5.32 Å². The first kappa shape index (κ1) is 20.0. The second kappa shape index (κ2) is 8.48. The van der Waals surface area contributed by atoms with E-state index in [0.29, 0.717) is 16.3 Å². The number of nitrogens with one attached hydrogen (secondary N) is 1. The molecule has 6 heteroatoms. The smallest absolute Gasteiger partial charge is 0.329 e. The third-order valence-electron chi connectivity index (χ3n) is 4.56. The SMILES string of the molecule is CC[C@@H](C)Oc1ccc(/C=C2/NC(=O)N(Cc3cccc(C)c3)C2=O)cc1Cl. The molecule has 0 unspecified atom stereocenters. The average Bonchev–Trinajstić information content (AvgIpc) is 2.91. The summed E-state index contributed by atoms with van der Waals surface area (Å²) in [5, 5.41) is 3.10. The van der Waals surface area contributed by atoms with Crippen molar-refractivity contribution in [1.29, 1.82) is 0 Å². The third kappa shape index (κ3) is 4.54. The topological polar surface area (TPSA) is 58.6 Å². The van der Waals surface area contributed by atoms with Crippen molar-refractivity contribution in [2.24, 2.45) is 0 Å². The highest BCUT2D eigenvalue weighted by Gasteiger charge is 2.33. The van der Waals surface area contributed by atoms with E-state index < -0.39 is 6.03 Å². The number of benzene rings is 2. The molecule has 146 valence electrons. The first-order chi connectivity index (χ1) is 13.4. The summed E-state index contributed by atoms with van der Waals surface area (Å²) in [7, 11) is 0. The highest BCUT2D eigenvalue weighted by atomic mass is 35.5. The molecule has 0 aliphatic carbocycles. The van der Waals surface area contributed by atoms with Gasteiger partial charge in [-0.15, -0.1) is 0 Å². The van der Waals surface area contributed by atoms with Crippen LogP contribution < -0.4 is 10.1 Å². The predicted molar refractivity (Wildman–Crippen MR) is 110 cm³/mol. The van der Waals surface area contributed by atoms with E-state index in [1.165, 1.54) is 4.90 Å². The maximum Gasteiger partial charge on any atom is 0.329 e. The van der Waals surface area contributed by atoms with Crippen molar-refractivity contribution in [3.63, 3.8) is 0 Å². The van der Waals surface area contributed by atoms with Crippen molar-refractivity contribution in [2.75, 3.05) is 0 Å². The zero-order chi connectivity index (χ0) is 20.3. The molecule has 0 spiro atoms. The monoisotopic (exact) mass is 398 g/mol. The number of carbonyl (C=O) groups excluding carboxylic acids is 2. The van der Waals surface area contributed by atoms with E-state index in [4.69, 9.17) is 16.3 Å². The minimum absolute atomic E-state index is 0.0626. The molecular weight excluding hydrogens is 376 g/mol. The number of imide groups is 1. The highest BCUT2D eigenvalue weighted by Crippen LogP contribution is 2.28. The van der Waals surface area contributed by atoms with Gasteiger partial charge in [0.05, 0.1) is 17.7 Å². The van der Waals surface area contributed by atoms with Gasteiger partial charge in [0.15, 0.2) is 0 Å². The summed E-state index contributed by atoms with van der Waals surface area (Å²) < 4.78 is 5.75. The minimum atomic E-state index is -0.430. The first-order valence-corrected chi connectivity index (χ1v) is 9.61. The van der Waals surface area contributed by atoms with Crippen LogP contribution in [0.15, 0.2) is 48.2 Å². The van der Waals surface area contributed by atoms with Crippen LogP contribution in [0.5, 0.6) is 5.75 Å². The predicted octanol–water partition coefficient (Wildman–Crippen LogP) is 4.92. The van der Waals surface area contributed by atoms with Gasteiger partial charge in [-0.1, -0.05) is 54.4 Å². The summed E-state index contributed by atoms with van der Waals surface area (Å²) in [6.07, 6.45) is 2.56. The largest absolute Gasteiger partial charge is 0.489 e. The second-order valence-corrected chi connectivity index (χ2v) is 7.30. The normalized spacial score (nSPS) is 16.4. The van der Waals surface area contributed by atoms with Gasteiger partial charge in [-0.05, 0) is 49.6 Å². The van der Waals surface area contributed by atoms with Gasteiger partial charge >= 0.3 is 6.03 Å². The van der Waals surface area contributed by atoms with Gasteiger partial charge in [0.2, 0.25) is 0 Å². The van der Waals surface area contributed by atoms with Gasteiger partial charge in [-0.3, -0.25) is 9.69 Å². The van der Waals surface area contributed by atoms with Gasteiger partial charge in [0.25, 0.3) is 5.91 Å². The summed E-state index contributed by atoms with van der Waals surface area (Å²) >= 11 is 6.29. The van der Waals surface area contributed by atoms with Gasteiger partial charge in [0.1, 0.15) is 11.4 Å². The molecule has 3 amide bonds. The zero-order valence-corrected chi connectivity index (χ0v) is 16.9. The number of hydrogen-bond donors (Lipinski definition) is 1. The molecule has 1 atom stereocenters. The summed E-state index contributed by atoms with van der Waals surface area (Å²) in [6.45, 7) is 6.21. The van der Waals surface area contributed by atoms with Crippen LogP contribution in [-0.4, -0.2) is 22.9 Å². The van der Waals surface area contributed by atoms with Gasteiger partial charge in [0, 0.05) is 0 Å². The minimum Gasteiger partial charge on any atom is -0.489 e. The molecule has 0 saturated carbocycles. The fraction of sp³-hybridized carbons (Fsp3) is 0.273. The number of hydrogen-bond acceptors (Lipinski definition) is 3. The Hall–Kier alpha value is -2.79. The number of aryl methyl sites for hydroxylation is 1. The second-order valence-electron chi connectivity index (χ2n) is 6.90. The fourth-order valence-electron chi connectivity index (χ4n) is 2.88. The van der Waals surface area contributed by atoms with Crippen molar-refractivity contribution in [1.82, 2.24) is 10.2 Å². The van der Waals surface area contributed by atoms with E-state index in [9.17, 15) is 9.59 Å². The van der Waals surface area contributed by atoms with E-state index >= 15 is 0 Å². The van der Waals surface area contributed by atoms with Crippen LogP contribution in [0.25, 0.3) is 6.08 Å². The van der Waals surface area contributed by atoms with Crippen LogP contribution in [-0.2, 0) is 11.3 Å². The van der Waals surface area contributed by atoms with E-state index in [0.717, 1.165) is 17.5 Å². The van der Waals surface area contributed by atoms with Crippen LogP contribution in [0, 0.1) is 6.92 Å². The van der Waals surface area contributed by atoms with E-state index in [-0.39, 0.29) is 24.3 Å². The lowest BCUT2D eigenvalue weighted by molar-refractivity contribution is -0.123. The molecule has 1 saturated heterocycles. The molecule has 0 aromatic heterocycles. The van der Waals surface area contributed by atoms with Gasteiger partial charge in [-0.25, -0.2) is 4.79 Å². The molecule has 2 aromatic carbocycles. The van der Waals surface area contributed by atoms with Crippen molar-refractivity contribution in [3.05, 3.63) is 69.9 Å². The molecular formula is C22H23ClN2O3. The number of nitrogens with zero attached hydrogens (tertiary/aromatic N) is 1. The molecule has 3 rings (SSSR count). The number of amides is 3. The van der Waals surface area contributed by atoms with Crippen molar-refractivity contribution in [3.8, 4) is 5.75 Å². The molecule has 1 aliphatic heterocycles. The molecule has 1 fully saturated rings. The summed E-state index contributed by atoms with van der Waals surface area (Å²) in [5.41, 5.74) is 2.92. The Bertz CT molecular complexity index is 939. The van der Waals surface area contributed by atoms with Crippen molar-refractivity contribution < 1.29 is 14.3 Å². The molecule has 2 aromatic rings. The number of rotatable bonds is 6. The van der Waals surface area contributed by atoms with Crippen LogP contribution in [0.2, 0.25) is 5.02 Å². The lowest BCUT2D eigenvalue weighted by atomic mass is 10.1. The molecule has 1 heterocycles. The quantitative estimate of drug-likeness (QED) is 0.555. The van der Waals surface area contributed by atoms with E-state index in [1.54, 1.807) is 24.3 Å². The molecule has 28 heavy (non-hydrogen) atoms. The highest BCUT2D eigenvalue weighted by molar-refractivity contribution is 6.32. The number of carbonyl (C=O) groups is 2. The maximum absolute atomic E-state index is 12.7. The van der Waals surface area contributed by atoms with Gasteiger partial charge < -0.3 is 10.1 Å². The van der Waals surface area contributed by atoms with Gasteiger partial charge in [-0.2, -0.15) is 0 Å². The number of urea groups is 1. The lowest BCUT2D eigenvalue weighted by Gasteiger charge is -2.14. The summed E-state index contributed by atoms with van der Waals surface area (Å²) in [4.78, 5) is 26.1. The Morgan fingerprint density at radius 3 is 2.68 bits per heavy atom. The molecule has 1 N–H and O–H groups in total. The standard InChI is InChI=1S/C22H23ClN2O3/c1-4-15(3)28-20-9-8-16(11-18(20)23)12-19-21(26)25(22(27)24-19)13-17-7-5-6-14(2)10-17/h5-12,15H,4,13H2,1-3H3,(H,24,27)/b19-12+/t15-/m1/s1. The molecule has 1 aliphatic rings. The number of halogens is 1.